The van der Waals surface area contributed by atoms with E-state index in [0.717, 1.165) is 6.20 Å². The first kappa shape index (κ1) is 22.5. The van der Waals surface area contributed by atoms with E-state index >= 15 is 0 Å². The van der Waals surface area contributed by atoms with Gasteiger partial charge in [-0.25, -0.2) is 18.6 Å². The number of hydrogen-bond acceptors (Lipinski definition) is 6. The fourth-order valence-electron chi connectivity index (χ4n) is 3.03. The van der Waals surface area contributed by atoms with E-state index in [4.69, 9.17) is 26.8 Å². The van der Waals surface area contributed by atoms with Crippen molar-refractivity contribution >= 4 is 34.4 Å². The number of anilines is 1. The number of ether oxygens (including phenoxy) is 2. The quantitative estimate of drug-likeness (QED) is 0.469. The minimum absolute atomic E-state index is 0.200. The Bertz CT molecular complexity index is 1090. The van der Waals surface area contributed by atoms with Crippen molar-refractivity contribution in [3.63, 3.8) is 0 Å². The predicted octanol–water partition coefficient (Wildman–Crippen LogP) is 4.99. The molecule has 0 spiro atoms. The Balaban J connectivity index is 1.67. The van der Waals surface area contributed by atoms with Crippen LogP contribution in [0.25, 0.3) is 11.0 Å². The molecule has 1 aromatic carbocycles. The van der Waals surface area contributed by atoms with Gasteiger partial charge in [0.15, 0.2) is 5.82 Å². The Morgan fingerprint density at radius 3 is 2.77 bits per heavy atom. The largest absolute Gasteiger partial charge is 0.493 e. The minimum Gasteiger partial charge on any atom is -0.493 e. The third kappa shape index (κ3) is 5.69. The van der Waals surface area contributed by atoms with E-state index in [0.29, 0.717) is 28.8 Å². The van der Waals surface area contributed by atoms with Crippen molar-refractivity contribution in [2.75, 3.05) is 11.9 Å². The number of benzene rings is 1. The third-order valence-corrected chi connectivity index (χ3v) is 4.74. The maximum absolute atomic E-state index is 14.4. The molecule has 3 N–H and O–H groups in total. The second kappa shape index (κ2) is 9.74. The zero-order valence-corrected chi connectivity index (χ0v) is 17.6. The molecule has 2 atom stereocenters. The molecule has 0 fully saturated rings. The maximum Gasteiger partial charge on any atom is 0.405 e. The van der Waals surface area contributed by atoms with Crippen molar-refractivity contribution in [3.05, 3.63) is 58.9 Å². The van der Waals surface area contributed by atoms with Gasteiger partial charge in [0.25, 0.3) is 0 Å². The molecule has 164 valence electrons. The van der Waals surface area contributed by atoms with Crippen LogP contribution in [0.4, 0.5) is 19.3 Å². The van der Waals surface area contributed by atoms with Crippen molar-refractivity contribution in [1.29, 1.82) is 0 Å². The van der Waals surface area contributed by atoms with Crippen molar-refractivity contribution < 1.29 is 23.0 Å². The molecular weight excluding hydrogens is 430 g/mol. The lowest BCUT2D eigenvalue weighted by molar-refractivity contribution is 0.114. The van der Waals surface area contributed by atoms with Gasteiger partial charge in [0.05, 0.1) is 18.3 Å². The van der Waals surface area contributed by atoms with Crippen LogP contribution in [0.15, 0.2) is 36.5 Å². The number of fused-ring (bicyclic) bond motifs is 1. The van der Waals surface area contributed by atoms with Crippen molar-refractivity contribution in [2.45, 2.75) is 32.4 Å². The molecular formula is C21H21ClF2N4O3. The van der Waals surface area contributed by atoms with Crippen molar-refractivity contribution in [2.24, 2.45) is 5.73 Å². The van der Waals surface area contributed by atoms with E-state index in [9.17, 15) is 13.6 Å². The van der Waals surface area contributed by atoms with Gasteiger partial charge in [-0.1, -0.05) is 11.6 Å². The summed E-state index contributed by atoms with van der Waals surface area (Å²) in [4.78, 5) is 19.2. The summed E-state index contributed by atoms with van der Waals surface area (Å²) in [5.41, 5.74) is 6.43. The van der Waals surface area contributed by atoms with Gasteiger partial charge in [-0.3, -0.25) is 4.98 Å². The van der Waals surface area contributed by atoms with Crippen LogP contribution in [0.2, 0.25) is 5.15 Å². The molecule has 1 unspecified atom stereocenters. The van der Waals surface area contributed by atoms with Crippen LogP contribution >= 0.6 is 11.6 Å². The average Bonchev–Trinajstić information content (AvgIpc) is 2.70. The number of carbonyl (C=O) groups is 1. The number of amides is 1. The smallest absolute Gasteiger partial charge is 0.405 e. The van der Waals surface area contributed by atoms with Gasteiger partial charge in [-0.2, -0.15) is 0 Å². The molecule has 0 saturated heterocycles. The molecule has 3 aromatic rings. The number of halogens is 3. The summed E-state index contributed by atoms with van der Waals surface area (Å²) >= 11 is 5.94. The highest BCUT2D eigenvalue weighted by atomic mass is 35.5. The molecule has 31 heavy (non-hydrogen) atoms. The first-order valence-electron chi connectivity index (χ1n) is 9.50. The first-order valence-corrected chi connectivity index (χ1v) is 9.88. The maximum atomic E-state index is 14.4. The highest BCUT2D eigenvalue weighted by molar-refractivity contribution is 6.29. The fourth-order valence-corrected chi connectivity index (χ4v) is 3.18. The summed E-state index contributed by atoms with van der Waals surface area (Å²) in [5, 5.41) is 3.31. The van der Waals surface area contributed by atoms with Gasteiger partial charge >= 0.3 is 6.09 Å². The lowest BCUT2D eigenvalue weighted by Gasteiger charge is -2.19. The topological polar surface area (TPSA) is 99.4 Å². The molecule has 0 aliphatic heterocycles. The Morgan fingerprint density at radius 2 is 2.03 bits per heavy atom. The Morgan fingerprint density at radius 1 is 1.26 bits per heavy atom. The molecule has 2 heterocycles. The normalized spacial score (nSPS) is 12.9. The lowest BCUT2D eigenvalue weighted by atomic mass is 10.1. The van der Waals surface area contributed by atoms with Gasteiger partial charge in [0, 0.05) is 18.0 Å². The minimum atomic E-state index is -0.971. The van der Waals surface area contributed by atoms with Gasteiger partial charge < -0.3 is 20.5 Å². The Labute approximate surface area is 182 Å². The second-order valence-corrected chi connectivity index (χ2v) is 7.31. The molecule has 2 aromatic heterocycles. The van der Waals surface area contributed by atoms with Gasteiger partial charge in [-0.05, 0) is 44.2 Å². The predicted molar refractivity (Wildman–Crippen MR) is 113 cm³/mol. The van der Waals surface area contributed by atoms with E-state index in [1.54, 1.807) is 19.1 Å². The first-order chi connectivity index (χ1) is 14.7. The molecule has 0 aliphatic rings. The summed E-state index contributed by atoms with van der Waals surface area (Å²) in [7, 11) is 0. The number of carbonyl (C=O) groups excluding carboxylic acids is 1. The summed E-state index contributed by atoms with van der Waals surface area (Å²) < 4.78 is 38.7. The van der Waals surface area contributed by atoms with Crippen LogP contribution in [0.3, 0.4) is 0 Å². The van der Waals surface area contributed by atoms with Crippen LogP contribution in [0.1, 0.15) is 31.9 Å². The average molecular weight is 451 g/mol. The highest BCUT2D eigenvalue weighted by Crippen LogP contribution is 2.29. The van der Waals surface area contributed by atoms with Crippen LogP contribution in [-0.2, 0) is 4.74 Å². The Kier molecular flexibility index (Phi) is 7.06. The summed E-state index contributed by atoms with van der Waals surface area (Å²) in [5.74, 6) is -0.687. The van der Waals surface area contributed by atoms with E-state index < -0.39 is 23.8 Å². The lowest BCUT2D eigenvalue weighted by Crippen LogP contribution is -2.20. The summed E-state index contributed by atoms with van der Waals surface area (Å²) in [6.45, 7) is 3.64. The molecule has 0 saturated carbocycles. The third-order valence-electron chi connectivity index (χ3n) is 4.53. The van der Waals surface area contributed by atoms with Crippen molar-refractivity contribution in [3.8, 4) is 5.75 Å². The van der Waals surface area contributed by atoms with E-state index in [1.807, 2.05) is 6.92 Å². The molecule has 1 amide bonds. The van der Waals surface area contributed by atoms with Crippen LogP contribution < -0.4 is 15.8 Å². The fraction of sp³-hybridized carbons (Fsp3) is 0.286. The number of nitrogens with zero attached hydrogens (tertiary/aromatic N) is 2. The monoisotopic (exact) mass is 450 g/mol. The molecule has 10 heteroatoms. The van der Waals surface area contributed by atoms with Crippen LogP contribution in [0.5, 0.6) is 5.75 Å². The summed E-state index contributed by atoms with van der Waals surface area (Å²) in [6, 6.07) is 6.95. The van der Waals surface area contributed by atoms with Gasteiger partial charge in [-0.15, -0.1) is 0 Å². The number of rotatable bonds is 8. The van der Waals surface area contributed by atoms with Crippen molar-refractivity contribution in [1.82, 2.24) is 9.97 Å². The number of nitrogens with one attached hydrogen (secondary N) is 1. The molecule has 0 bridgehead atoms. The zero-order chi connectivity index (χ0) is 22.5. The number of aromatic nitrogens is 2. The van der Waals surface area contributed by atoms with E-state index in [2.05, 4.69) is 15.3 Å². The zero-order valence-electron chi connectivity index (χ0n) is 16.9. The number of nitrogens with two attached hydrogens (primary N) is 1. The highest BCUT2D eigenvalue weighted by Gasteiger charge is 2.17. The Hall–Kier alpha value is -3.20. The standard InChI is InChI=1S/C21H21ClF2N4O3/c1-11(27-19-15(24)10-26-16-4-6-18(22)28-20(16)19)7-8-30-17-5-3-13(23)9-14(17)12(2)31-21(25)29/h3-6,9-12H,7-8H2,1-2H3,(H2,25,29)(H,26,27)/t11?,12-/m1/s1. The van der Waals surface area contributed by atoms with Crippen LogP contribution in [0, 0.1) is 11.6 Å². The summed E-state index contributed by atoms with van der Waals surface area (Å²) in [6.07, 6.45) is -0.159. The van der Waals surface area contributed by atoms with Gasteiger partial charge in [0.1, 0.15) is 34.0 Å². The van der Waals surface area contributed by atoms with Crippen LogP contribution in [-0.4, -0.2) is 28.7 Å². The van der Waals surface area contributed by atoms with Gasteiger partial charge in [0.2, 0.25) is 0 Å². The number of pyridine rings is 2. The molecule has 0 aliphatic carbocycles. The molecule has 3 rings (SSSR count). The number of hydrogen-bond donors (Lipinski definition) is 2. The van der Waals surface area contributed by atoms with E-state index in [-0.39, 0.29) is 23.5 Å². The SMILES string of the molecule is CC(CCOc1ccc(F)cc1[C@@H](C)OC(N)=O)Nc1c(F)cnc2ccc(Cl)nc12. The molecule has 7 nitrogen and oxygen atoms in total. The second-order valence-electron chi connectivity index (χ2n) is 6.93. The molecule has 0 radical (unpaired) electrons. The number of primary amides is 1. The van der Waals surface area contributed by atoms with E-state index in [1.165, 1.54) is 18.2 Å².